The fourth-order valence-corrected chi connectivity index (χ4v) is 4.20. The molecule has 1 fully saturated rings. The molecule has 0 radical (unpaired) electrons. The average Bonchev–Trinajstić information content (AvgIpc) is 2.91. The van der Waals surface area contributed by atoms with Crippen molar-refractivity contribution in [2.75, 3.05) is 6.61 Å². The molecule has 1 heterocycles. The number of ether oxygens (including phenoxy) is 4. The summed E-state index contributed by atoms with van der Waals surface area (Å²) in [6.45, 7) is 7.84. The highest BCUT2D eigenvalue weighted by molar-refractivity contribution is 6.77. The highest BCUT2D eigenvalue weighted by atomic mass is 28.3. The number of nitrogens with zero attached hydrogens (tertiary/aromatic N) is 6. The largest absolute Gasteiger partial charge is 0.459 e. The zero-order valence-corrected chi connectivity index (χ0v) is 22.6. The third kappa shape index (κ3) is 7.34. The number of benzene rings is 2. The Morgan fingerprint density at radius 1 is 0.921 bits per heavy atom. The lowest BCUT2D eigenvalue weighted by atomic mass is 9.95. The summed E-state index contributed by atoms with van der Waals surface area (Å²) in [5, 5.41) is 7.61. The van der Waals surface area contributed by atoms with Crippen LogP contribution in [0.15, 0.2) is 70.9 Å². The minimum absolute atomic E-state index is 0.248. The van der Waals surface area contributed by atoms with E-state index in [4.69, 9.17) is 18.9 Å². The smallest absolute Gasteiger partial charge is 0.338 e. The molecular formula is C25H30N6O6Si. The van der Waals surface area contributed by atoms with Crippen LogP contribution in [0.25, 0.3) is 20.9 Å². The highest BCUT2D eigenvalue weighted by Gasteiger charge is 2.49. The van der Waals surface area contributed by atoms with E-state index >= 15 is 0 Å². The van der Waals surface area contributed by atoms with Crippen LogP contribution in [0.4, 0.5) is 0 Å². The summed E-state index contributed by atoms with van der Waals surface area (Å²) >= 11 is 0. The molecule has 1 aliphatic heterocycles. The molecule has 0 aliphatic carbocycles. The Bertz CT molecular complexity index is 1200. The SMILES string of the molecule is CC(O[C@@H]1O[C@H](COC(=O)c2ccccc2)[C@@H](N=[N+]=[N-])[C@H](OC(=O)c2ccccc2)[C@@H]1N=[N+]=[N-])[Si](C)(C)C. The number of azide groups is 2. The van der Waals surface area contributed by atoms with E-state index < -0.39 is 50.6 Å². The maximum atomic E-state index is 13.0. The normalized spacial score (nSPS) is 23.7. The summed E-state index contributed by atoms with van der Waals surface area (Å²) in [4.78, 5) is 31.4. The van der Waals surface area contributed by atoms with Crippen LogP contribution in [-0.4, -0.2) is 62.9 Å². The molecule has 1 saturated heterocycles. The van der Waals surface area contributed by atoms with Crippen LogP contribution in [0, 0.1) is 0 Å². The lowest BCUT2D eigenvalue weighted by Crippen LogP contribution is -2.60. The Balaban J connectivity index is 1.96. The lowest BCUT2D eigenvalue weighted by Gasteiger charge is -2.44. The van der Waals surface area contributed by atoms with E-state index in [9.17, 15) is 20.7 Å². The van der Waals surface area contributed by atoms with Gasteiger partial charge in [0.15, 0.2) is 6.29 Å². The van der Waals surface area contributed by atoms with E-state index in [1.54, 1.807) is 60.7 Å². The van der Waals surface area contributed by atoms with Crippen LogP contribution < -0.4 is 0 Å². The Kier molecular flexibility index (Phi) is 9.89. The van der Waals surface area contributed by atoms with Gasteiger partial charge in [0, 0.05) is 15.6 Å². The zero-order valence-electron chi connectivity index (χ0n) is 21.6. The van der Waals surface area contributed by atoms with Gasteiger partial charge in [-0.3, -0.25) is 0 Å². The topological polar surface area (TPSA) is 169 Å². The quantitative estimate of drug-likeness (QED) is 0.128. The van der Waals surface area contributed by atoms with Gasteiger partial charge in [0.05, 0.1) is 19.2 Å². The molecule has 0 aromatic heterocycles. The first kappa shape index (κ1) is 28.7. The van der Waals surface area contributed by atoms with Crippen LogP contribution in [-0.2, 0) is 18.9 Å². The van der Waals surface area contributed by atoms with Crippen LogP contribution in [0.5, 0.6) is 0 Å². The van der Waals surface area contributed by atoms with E-state index in [1.165, 1.54) is 0 Å². The van der Waals surface area contributed by atoms with Crippen molar-refractivity contribution in [3.63, 3.8) is 0 Å². The molecule has 13 heteroatoms. The van der Waals surface area contributed by atoms with Crippen molar-refractivity contribution < 1.29 is 28.5 Å². The summed E-state index contributed by atoms with van der Waals surface area (Å²) in [5.74, 6) is -1.33. The average molecular weight is 539 g/mol. The number of carbonyl (C=O) groups is 2. The molecule has 200 valence electrons. The second kappa shape index (κ2) is 13.1. The van der Waals surface area contributed by atoms with Crippen molar-refractivity contribution in [1.82, 2.24) is 0 Å². The molecule has 0 amide bonds. The predicted molar refractivity (Wildman–Crippen MR) is 141 cm³/mol. The van der Waals surface area contributed by atoms with E-state index in [-0.39, 0.29) is 17.9 Å². The molecular weight excluding hydrogens is 508 g/mol. The first-order chi connectivity index (χ1) is 18.2. The monoisotopic (exact) mass is 538 g/mol. The number of esters is 2. The fraction of sp³-hybridized carbons (Fsp3) is 0.440. The number of rotatable bonds is 10. The minimum atomic E-state index is -1.85. The van der Waals surface area contributed by atoms with Crippen molar-refractivity contribution in [3.05, 3.63) is 92.7 Å². The van der Waals surface area contributed by atoms with Gasteiger partial charge in [0.1, 0.15) is 30.9 Å². The minimum Gasteiger partial charge on any atom is -0.459 e. The Morgan fingerprint density at radius 3 is 1.97 bits per heavy atom. The van der Waals surface area contributed by atoms with E-state index in [0.717, 1.165) is 0 Å². The van der Waals surface area contributed by atoms with Crippen molar-refractivity contribution >= 4 is 20.0 Å². The summed E-state index contributed by atoms with van der Waals surface area (Å²) in [5.41, 5.74) is 19.0. The molecule has 2 aromatic rings. The molecule has 0 spiro atoms. The van der Waals surface area contributed by atoms with Gasteiger partial charge in [0.2, 0.25) is 0 Å². The molecule has 0 N–H and O–H groups in total. The Morgan fingerprint density at radius 2 is 1.45 bits per heavy atom. The van der Waals surface area contributed by atoms with Gasteiger partial charge >= 0.3 is 11.9 Å². The van der Waals surface area contributed by atoms with Crippen molar-refractivity contribution in [2.24, 2.45) is 10.2 Å². The van der Waals surface area contributed by atoms with E-state index in [0.29, 0.717) is 5.56 Å². The third-order valence-electron chi connectivity index (χ3n) is 6.21. The summed E-state index contributed by atoms with van der Waals surface area (Å²) in [6, 6.07) is 14.2. The van der Waals surface area contributed by atoms with Gasteiger partial charge < -0.3 is 18.9 Å². The van der Waals surface area contributed by atoms with Crippen LogP contribution >= 0.6 is 0 Å². The zero-order chi connectivity index (χ0) is 27.7. The Hall–Kier alpha value is -3.86. The van der Waals surface area contributed by atoms with E-state index in [2.05, 4.69) is 39.7 Å². The van der Waals surface area contributed by atoms with Crippen LogP contribution in [0.3, 0.4) is 0 Å². The maximum Gasteiger partial charge on any atom is 0.338 e. The summed E-state index contributed by atoms with van der Waals surface area (Å²) in [6.07, 6.45) is -3.48. The number of carbonyl (C=O) groups excluding carboxylic acids is 2. The van der Waals surface area contributed by atoms with Gasteiger partial charge in [-0.25, -0.2) is 9.59 Å². The van der Waals surface area contributed by atoms with Crippen LogP contribution in [0.1, 0.15) is 27.6 Å². The van der Waals surface area contributed by atoms with Crippen LogP contribution in [0.2, 0.25) is 19.6 Å². The first-order valence-corrected chi connectivity index (χ1v) is 15.6. The first-order valence-electron chi connectivity index (χ1n) is 12.0. The van der Waals surface area contributed by atoms with Gasteiger partial charge in [0.25, 0.3) is 0 Å². The fourth-order valence-electron chi connectivity index (χ4n) is 3.66. The molecule has 0 saturated carbocycles. The third-order valence-corrected chi connectivity index (χ3v) is 8.79. The predicted octanol–water partition coefficient (Wildman–Crippen LogP) is 5.43. The summed E-state index contributed by atoms with van der Waals surface area (Å²) < 4.78 is 23.5. The molecule has 2 aromatic carbocycles. The maximum absolute atomic E-state index is 13.0. The van der Waals surface area contributed by atoms with Crippen molar-refractivity contribution in [2.45, 2.75) is 62.9 Å². The molecule has 0 bridgehead atoms. The number of hydrogen-bond acceptors (Lipinski definition) is 8. The highest BCUT2D eigenvalue weighted by Crippen LogP contribution is 2.32. The molecule has 1 unspecified atom stereocenters. The second-order valence-corrected chi connectivity index (χ2v) is 15.3. The Labute approximate surface area is 221 Å². The molecule has 3 rings (SSSR count). The molecule has 1 aliphatic rings. The van der Waals surface area contributed by atoms with Gasteiger partial charge in [-0.15, -0.1) is 0 Å². The van der Waals surface area contributed by atoms with Gasteiger partial charge in [-0.05, 0) is 42.3 Å². The van der Waals surface area contributed by atoms with Gasteiger partial charge in [-0.2, -0.15) is 0 Å². The molecule has 38 heavy (non-hydrogen) atoms. The van der Waals surface area contributed by atoms with Gasteiger partial charge in [-0.1, -0.05) is 66.3 Å². The standard InChI is InChI=1S/C25H30N6O6Si/c1-16(38(2,3)4)35-25-21(29-31-27)22(37-24(33)18-13-9-6-10-14-18)20(28-30-26)19(36-25)15-34-23(32)17-11-7-5-8-12-17/h5-14,16,19-22,25H,15H2,1-4H3/t16?,19-,20-,21+,22+,25-/m1/s1. The lowest BCUT2D eigenvalue weighted by molar-refractivity contribution is -0.242. The van der Waals surface area contributed by atoms with E-state index in [1.807, 2.05) is 6.92 Å². The summed E-state index contributed by atoms with van der Waals surface area (Å²) in [7, 11) is -1.85. The second-order valence-electron chi connectivity index (χ2n) is 9.78. The molecule has 6 atom stereocenters. The van der Waals surface area contributed by atoms with Crippen molar-refractivity contribution in [1.29, 1.82) is 0 Å². The molecule has 12 nitrogen and oxygen atoms in total. The van der Waals surface area contributed by atoms with Crippen molar-refractivity contribution in [3.8, 4) is 0 Å². The number of hydrogen-bond donors (Lipinski definition) is 0.